The molecule has 0 aliphatic rings. The number of benzene rings is 1. The lowest BCUT2D eigenvalue weighted by Crippen LogP contribution is -2.34. The normalized spacial score (nSPS) is 11.5. The Morgan fingerprint density at radius 1 is 1.13 bits per heavy atom. The Hall–Kier alpha value is -2.74. The number of rotatable bonds is 7. The number of anilines is 1. The highest BCUT2D eigenvalue weighted by atomic mass is 79.9. The maximum Gasteiger partial charge on any atom is 0.341 e. The van der Waals surface area contributed by atoms with Crippen molar-refractivity contribution in [3.8, 4) is 0 Å². The van der Waals surface area contributed by atoms with Crippen molar-refractivity contribution in [1.29, 1.82) is 0 Å². The van der Waals surface area contributed by atoms with E-state index in [1.165, 1.54) is 7.11 Å². The Kier molecular flexibility index (Phi) is 8.11. The second kappa shape index (κ2) is 10.3. The summed E-state index contributed by atoms with van der Waals surface area (Å²) < 4.78 is 5.38. The molecule has 0 radical (unpaired) electrons. The molecule has 8 heteroatoms. The summed E-state index contributed by atoms with van der Waals surface area (Å²) in [6, 6.07) is 6.72. The van der Waals surface area contributed by atoms with Gasteiger partial charge in [-0.1, -0.05) is 19.9 Å². The van der Waals surface area contributed by atoms with Gasteiger partial charge in [-0.15, -0.1) is 0 Å². The lowest BCUT2D eigenvalue weighted by atomic mass is 10.0. The molecule has 2 aromatic rings. The Morgan fingerprint density at radius 3 is 2.43 bits per heavy atom. The van der Waals surface area contributed by atoms with E-state index in [9.17, 15) is 14.4 Å². The number of pyridine rings is 1. The minimum Gasteiger partial charge on any atom is -0.465 e. The van der Waals surface area contributed by atoms with Gasteiger partial charge < -0.3 is 15.4 Å². The number of carbonyl (C=O) groups is 3. The first-order valence-corrected chi connectivity index (χ1v) is 10.5. The maximum absolute atomic E-state index is 13.2. The van der Waals surface area contributed by atoms with Gasteiger partial charge in [-0.3, -0.25) is 9.59 Å². The third kappa shape index (κ3) is 5.24. The molecule has 0 aliphatic carbocycles. The Bertz CT molecular complexity index is 975. The van der Waals surface area contributed by atoms with Crippen LogP contribution in [0.4, 0.5) is 5.69 Å². The molecule has 1 unspecified atom stereocenters. The van der Waals surface area contributed by atoms with E-state index >= 15 is 0 Å². The van der Waals surface area contributed by atoms with Crippen LogP contribution in [-0.2, 0) is 11.2 Å². The monoisotopic (exact) mass is 475 g/mol. The summed E-state index contributed by atoms with van der Waals surface area (Å²) in [6.45, 7) is 7.50. The van der Waals surface area contributed by atoms with Gasteiger partial charge in [0.15, 0.2) is 0 Å². The van der Waals surface area contributed by atoms with Gasteiger partial charge >= 0.3 is 5.97 Å². The van der Waals surface area contributed by atoms with Crippen molar-refractivity contribution >= 4 is 39.4 Å². The summed E-state index contributed by atoms with van der Waals surface area (Å²) in [4.78, 5) is 42.5. The van der Waals surface area contributed by atoms with Gasteiger partial charge in [0.25, 0.3) is 11.8 Å². The SMILES string of the molecule is CCc1ccc(Br)c(C(=O)OC)c1NC(=O)c1ccc(C)nc1C(=O)NC(C)CC. The highest BCUT2D eigenvalue weighted by Gasteiger charge is 2.24. The molecule has 0 saturated heterocycles. The minimum atomic E-state index is -0.579. The largest absolute Gasteiger partial charge is 0.465 e. The van der Waals surface area contributed by atoms with E-state index in [0.717, 1.165) is 12.0 Å². The molecule has 1 atom stereocenters. The number of aromatic nitrogens is 1. The summed E-state index contributed by atoms with van der Waals surface area (Å²) in [6.07, 6.45) is 1.33. The number of nitrogens with one attached hydrogen (secondary N) is 2. The number of carbonyl (C=O) groups excluding carboxylic acids is 3. The number of halogens is 1. The second-order valence-corrected chi connectivity index (χ2v) is 7.74. The number of aryl methyl sites for hydroxylation is 2. The fraction of sp³-hybridized carbons (Fsp3) is 0.364. The van der Waals surface area contributed by atoms with Crippen LogP contribution in [-0.4, -0.2) is 35.9 Å². The van der Waals surface area contributed by atoms with E-state index in [1.807, 2.05) is 26.8 Å². The van der Waals surface area contributed by atoms with Crippen molar-refractivity contribution in [2.24, 2.45) is 0 Å². The molecule has 1 heterocycles. The molecule has 160 valence electrons. The predicted molar refractivity (Wildman–Crippen MR) is 119 cm³/mol. The summed E-state index contributed by atoms with van der Waals surface area (Å²) in [7, 11) is 1.28. The number of methoxy groups -OCH3 is 1. The lowest BCUT2D eigenvalue weighted by molar-refractivity contribution is 0.0600. The van der Waals surface area contributed by atoms with Crippen molar-refractivity contribution in [2.75, 3.05) is 12.4 Å². The third-order valence-electron chi connectivity index (χ3n) is 4.73. The van der Waals surface area contributed by atoms with Gasteiger partial charge in [-0.05, 0) is 66.4 Å². The number of esters is 1. The average Bonchev–Trinajstić information content (AvgIpc) is 2.73. The van der Waals surface area contributed by atoms with Crippen LogP contribution < -0.4 is 10.6 Å². The number of amides is 2. The molecule has 0 fully saturated rings. The molecular weight excluding hydrogens is 450 g/mol. The highest BCUT2D eigenvalue weighted by molar-refractivity contribution is 9.10. The van der Waals surface area contributed by atoms with E-state index in [4.69, 9.17) is 4.74 Å². The Morgan fingerprint density at radius 2 is 1.83 bits per heavy atom. The molecule has 7 nitrogen and oxygen atoms in total. The van der Waals surface area contributed by atoms with Crippen LogP contribution in [0.1, 0.15) is 69.7 Å². The third-order valence-corrected chi connectivity index (χ3v) is 5.39. The zero-order valence-electron chi connectivity index (χ0n) is 17.8. The van der Waals surface area contributed by atoms with Gasteiger partial charge in [0.1, 0.15) is 5.69 Å². The first-order chi connectivity index (χ1) is 14.2. The van der Waals surface area contributed by atoms with Crippen LogP contribution in [0.15, 0.2) is 28.7 Å². The van der Waals surface area contributed by atoms with Crippen LogP contribution in [0.25, 0.3) is 0 Å². The zero-order valence-corrected chi connectivity index (χ0v) is 19.3. The van der Waals surface area contributed by atoms with E-state index in [-0.39, 0.29) is 22.9 Å². The topological polar surface area (TPSA) is 97.4 Å². The van der Waals surface area contributed by atoms with E-state index in [1.54, 1.807) is 25.1 Å². The quantitative estimate of drug-likeness (QED) is 0.582. The van der Waals surface area contributed by atoms with Crippen molar-refractivity contribution < 1.29 is 19.1 Å². The standard InChI is InChI=1S/C22H26BrN3O4/c1-6-12(3)25-21(28)19-15(10-8-13(4)24-19)20(27)26-18-14(7-2)9-11-16(23)17(18)22(29)30-5/h8-12H,6-7H2,1-5H3,(H,25,28)(H,26,27). The lowest BCUT2D eigenvalue weighted by Gasteiger charge is -2.17. The Labute approximate surface area is 184 Å². The smallest absolute Gasteiger partial charge is 0.341 e. The van der Waals surface area contributed by atoms with Gasteiger partial charge in [0.2, 0.25) is 0 Å². The average molecular weight is 476 g/mol. The summed E-state index contributed by atoms with van der Waals surface area (Å²) in [5.74, 6) is -1.53. The molecule has 1 aromatic carbocycles. The molecule has 0 bridgehead atoms. The molecule has 2 amide bonds. The predicted octanol–water partition coefficient (Wildman–Crippen LogP) is 4.28. The highest BCUT2D eigenvalue weighted by Crippen LogP contribution is 2.30. The summed E-state index contributed by atoms with van der Waals surface area (Å²) in [5, 5.41) is 5.63. The van der Waals surface area contributed by atoms with Gasteiger partial charge in [0, 0.05) is 16.2 Å². The molecule has 0 saturated carbocycles. The van der Waals surface area contributed by atoms with Crippen LogP contribution in [0.3, 0.4) is 0 Å². The molecule has 0 spiro atoms. The second-order valence-electron chi connectivity index (χ2n) is 6.89. The number of ether oxygens (including phenoxy) is 1. The van der Waals surface area contributed by atoms with Gasteiger partial charge in [-0.25, -0.2) is 9.78 Å². The van der Waals surface area contributed by atoms with Crippen LogP contribution in [0.5, 0.6) is 0 Å². The molecule has 2 N–H and O–H groups in total. The first-order valence-electron chi connectivity index (χ1n) is 9.72. The summed E-state index contributed by atoms with van der Waals surface area (Å²) >= 11 is 3.35. The number of hydrogen-bond acceptors (Lipinski definition) is 5. The first kappa shape index (κ1) is 23.5. The van der Waals surface area contributed by atoms with Crippen molar-refractivity contribution in [2.45, 2.75) is 46.6 Å². The summed E-state index contributed by atoms with van der Waals surface area (Å²) in [5.41, 5.74) is 2.11. The van der Waals surface area contributed by atoms with Crippen LogP contribution >= 0.6 is 15.9 Å². The molecule has 30 heavy (non-hydrogen) atoms. The van der Waals surface area contributed by atoms with Crippen LogP contribution in [0.2, 0.25) is 0 Å². The fourth-order valence-electron chi connectivity index (χ4n) is 2.85. The zero-order chi connectivity index (χ0) is 22.4. The maximum atomic E-state index is 13.2. The molecule has 0 aliphatic heterocycles. The minimum absolute atomic E-state index is 0.0421. The van der Waals surface area contributed by atoms with Gasteiger partial charge in [0.05, 0.1) is 23.9 Å². The van der Waals surface area contributed by atoms with E-state index in [2.05, 4.69) is 31.5 Å². The number of hydrogen-bond donors (Lipinski definition) is 2. The fourth-order valence-corrected chi connectivity index (χ4v) is 3.34. The van der Waals surface area contributed by atoms with Crippen LogP contribution in [0, 0.1) is 6.92 Å². The number of nitrogens with zero attached hydrogens (tertiary/aromatic N) is 1. The Balaban J connectivity index is 2.50. The van der Waals surface area contributed by atoms with Crippen molar-refractivity contribution in [1.82, 2.24) is 10.3 Å². The van der Waals surface area contributed by atoms with E-state index in [0.29, 0.717) is 22.3 Å². The van der Waals surface area contributed by atoms with Crippen molar-refractivity contribution in [3.05, 3.63) is 56.8 Å². The molecular formula is C22H26BrN3O4. The van der Waals surface area contributed by atoms with Crippen molar-refractivity contribution in [3.63, 3.8) is 0 Å². The molecule has 1 aromatic heterocycles. The molecule has 2 rings (SSSR count). The van der Waals surface area contributed by atoms with Gasteiger partial charge in [-0.2, -0.15) is 0 Å². The van der Waals surface area contributed by atoms with E-state index < -0.39 is 17.8 Å².